The zero-order valence-electron chi connectivity index (χ0n) is 12.1. The number of hydrogen-bond donors (Lipinski definition) is 1. The molecule has 114 valence electrons. The minimum atomic E-state index is -0.273. The zero-order chi connectivity index (χ0) is 14.8. The van der Waals surface area contributed by atoms with Crippen molar-refractivity contribution in [2.24, 2.45) is 10.7 Å². The fraction of sp³-hybridized carbons (Fsp3) is 0.533. The molecule has 1 heterocycles. The van der Waals surface area contributed by atoms with Crippen molar-refractivity contribution in [2.45, 2.75) is 31.9 Å². The first-order valence-corrected chi connectivity index (χ1v) is 7.19. The molecule has 2 N–H and O–H groups in total. The molecule has 0 atom stereocenters. The van der Waals surface area contributed by atoms with Crippen LogP contribution in [0.25, 0.3) is 0 Å². The molecule has 0 spiro atoms. The van der Waals surface area contributed by atoms with E-state index in [-0.39, 0.29) is 12.6 Å². The fourth-order valence-corrected chi connectivity index (χ4v) is 2.49. The average molecular weight is 293 g/mol. The molecule has 6 heteroatoms. The molecule has 0 unspecified atom stereocenters. The summed E-state index contributed by atoms with van der Waals surface area (Å²) in [6.07, 6.45) is 2.95. The highest BCUT2D eigenvalue weighted by molar-refractivity contribution is 5.78. The Morgan fingerprint density at radius 2 is 2.29 bits per heavy atom. The van der Waals surface area contributed by atoms with Gasteiger partial charge in [0.25, 0.3) is 0 Å². The van der Waals surface area contributed by atoms with E-state index in [9.17, 15) is 4.39 Å². The molecule has 21 heavy (non-hydrogen) atoms. The Morgan fingerprint density at radius 1 is 1.48 bits per heavy atom. The zero-order valence-corrected chi connectivity index (χ0v) is 12.1. The van der Waals surface area contributed by atoms with Crippen molar-refractivity contribution in [1.82, 2.24) is 4.90 Å². The molecule has 0 amide bonds. The number of aliphatic imine (C=N–C) groups is 1. The second kappa shape index (κ2) is 5.89. The Balaban J connectivity index is 1.67. The van der Waals surface area contributed by atoms with Crippen LogP contribution in [0.4, 0.5) is 4.39 Å². The van der Waals surface area contributed by atoms with Gasteiger partial charge in [0.05, 0.1) is 6.61 Å². The molecule has 1 aliphatic heterocycles. The summed E-state index contributed by atoms with van der Waals surface area (Å²) in [6.45, 7) is 1.11. The third-order valence-electron chi connectivity index (χ3n) is 3.86. The lowest BCUT2D eigenvalue weighted by Crippen LogP contribution is -2.35. The standard InChI is InChI=1S/C15H20FN3O2/c1-19(13-2-3-13)15(17)18-5-4-10-6-12(16)7-11-8-20-9-21-14(10)11/h6-7,13H,2-5,8-9H2,1H3,(H2,17,18). The topological polar surface area (TPSA) is 60.1 Å². The number of fused-ring (bicyclic) bond motifs is 1. The Kier molecular flexibility index (Phi) is 3.96. The van der Waals surface area contributed by atoms with Gasteiger partial charge < -0.3 is 20.1 Å². The van der Waals surface area contributed by atoms with Crippen molar-refractivity contribution in [2.75, 3.05) is 20.4 Å². The summed E-state index contributed by atoms with van der Waals surface area (Å²) in [4.78, 5) is 6.38. The Bertz CT molecular complexity index is 558. The minimum Gasteiger partial charge on any atom is -0.467 e. The molecule has 5 nitrogen and oxygen atoms in total. The largest absolute Gasteiger partial charge is 0.467 e. The van der Waals surface area contributed by atoms with Gasteiger partial charge in [-0.15, -0.1) is 0 Å². The van der Waals surface area contributed by atoms with Gasteiger partial charge in [-0.25, -0.2) is 4.39 Å². The van der Waals surface area contributed by atoms with Gasteiger partial charge in [0.2, 0.25) is 0 Å². The average Bonchev–Trinajstić information content (AvgIpc) is 3.30. The normalized spacial score (nSPS) is 18.1. The van der Waals surface area contributed by atoms with E-state index in [2.05, 4.69) is 4.99 Å². The van der Waals surface area contributed by atoms with Crippen LogP contribution in [0.3, 0.4) is 0 Å². The van der Waals surface area contributed by atoms with Crippen LogP contribution in [0.2, 0.25) is 0 Å². The quantitative estimate of drug-likeness (QED) is 0.677. The number of rotatable bonds is 4. The van der Waals surface area contributed by atoms with E-state index in [0.29, 0.717) is 31.6 Å². The van der Waals surface area contributed by atoms with E-state index in [0.717, 1.165) is 16.9 Å². The monoisotopic (exact) mass is 293 g/mol. The van der Waals surface area contributed by atoms with Gasteiger partial charge in [-0.05, 0) is 37.0 Å². The van der Waals surface area contributed by atoms with Crippen LogP contribution in [0.5, 0.6) is 5.75 Å². The van der Waals surface area contributed by atoms with Gasteiger partial charge in [0.1, 0.15) is 11.6 Å². The summed E-state index contributed by atoms with van der Waals surface area (Å²) in [5, 5.41) is 0. The van der Waals surface area contributed by atoms with E-state index in [1.807, 2.05) is 11.9 Å². The fourth-order valence-electron chi connectivity index (χ4n) is 2.49. The highest BCUT2D eigenvalue weighted by Gasteiger charge is 2.27. The first-order chi connectivity index (χ1) is 10.1. The first kappa shape index (κ1) is 14.1. The molecule has 0 saturated heterocycles. The number of nitrogens with two attached hydrogens (primary N) is 1. The molecule has 1 aromatic rings. The van der Waals surface area contributed by atoms with Crippen LogP contribution in [0, 0.1) is 5.82 Å². The van der Waals surface area contributed by atoms with Gasteiger partial charge >= 0.3 is 0 Å². The van der Waals surface area contributed by atoms with Crippen molar-refractivity contribution < 1.29 is 13.9 Å². The van der Waals surface area contributed by atoms with E-state index in [1.165, 1.54) is 25.0 Å². The molecule has 1 saturated carbocycles. The molecular formula is C15H20FN3O2. The second-order valence-electron chi connectivity index (χ2n) is 5.50. The van der Waals surface area contributed by atoms with Crippen molar-refractivity contribution >= 4 is 5.96 Å². The molecular weight excluding hydrogens is 273 g/mol. The summed E-state index contributed by atoms with van der Waals surface area (Å²) in [5.74, 6) is 1.00. The van der Waals surface area contributed by atoms with Gasteiger partial charge in [-0.1, -0.05) is 0 Å². The van der Waals surface area contributed by atoms with E-state index in [4.69, 9.17) is 15.2 Å². The lowest BCUT2D eigenvalue weighted by molar-refractivity contribution is -0.0172. The van der Waals surface area contributed by atoms with Gasteiger partial charge in [-0.2, -0.15) is 0 Å². The van der Waals surface area contributed by atoms with Gasteiger partial charge in [0.15, 0.2) is 12.8 Å². The predicted octanol–water partition coefficient (Wildman–Crippen LogP) is 1.64. The van der Waals surface area contributed by atoms with E-state index >= 15 is 0 Å². The number of guanidine groups is 1. The van der Waals surface area contributed by atoms with Crippen LogP contribution < -0.4 is 10.5 Å². The number of nitrogens with zero attached hydrogens (tertiary/aromatic N) is 2. The van der Waals surface area contributed by atoms with Crippen LogP contribution in [0.1, 0.15) is 24.0 Å². The van der Waals surface area contributed by atoms with Crippen molar-refractivity contribution in [1.29, 1.82) is 0 Å². The third kappa shape index (κ3) is 3.26. The smallest absolute Gasteiger partial charge is 0.191 e. The third-order valence-corrected chi connectivity index (χ3v) is 3.86. The van der Waals surface area contributed by atoms with Crippen LogP contribution >= 0.6 is 0 Å². The molecule has 0 aromatic heterocycles. The molecule has 1 aliphatic carbocycles. The highest BCUT2D eigenvalue weighted by atomic mass is 19.1. The Hall–Kier alpha value is -1.82. The SMILES string of the molecule is CN(C(N)=NCCc1cc(F)cc2c1OCOC2)C1CC1. The Morgan fingerprint density at radius 3 is 3.05 bits per heavy atom. The van der Waals surface area contributed by atoms with Crippen molar-refractivity contribution in [3.63, 3.8) is 0 Å². The minimum absolute atomic E-state index is 0.210. The maximum Gasteiger partial charge on any atom is 0.191 e. The van der Waals surface area contributed by atoms with Crippen LogP contribution in [0.15, 0.2) is 17.1 Å². The predicted molar refractivity (Wildman–Crippen MR) is 77.7 cm³/mol. The number of ether oxygens (including phenoxy) is 2. The van der Waals surface area contributed by atoms with E-state index in [1.54, 1.807) is 0 Å². The maximum absolute atomic E-state index is 13.6. The van der Waals surface area contributed by atoms with Crippen molar-refractivity contribution in [3.05, 3.63) is 29.1 Å². The van der Waals surface area contributed by atoms with Gasteiger partial charge in [0, 0.05) is 25.2 Å². The number of halogens is 1. The van der Waals surface area contributed by atoms with E-state index < -0.39 is 0 Å². The molecule has 1 aromatic carbocycles. The number of hydrogen-bond acceptors (Lipinski definition) is 3. The second-order valence-corrected chi connectivity index (χ2v) is 5.50. The summed E-state index contributed by atoms with van der Waals surface area (Å²) >= 11 is 0. The van der Waals surface area contributed by atoms with Crippen LogP contribution in [-0.2, 0) is 17.8 Å². The maximum atomic E-state index is 13.6. The summed E-state index contributed by atoms with van der Waals surface area (Å²) in [6, 6.07) is 3.49. The summed E-state index contributed by atoms with van der Waals surface area (Å²) < 4.78 is 24.3. The lowest BCUT2D eigenvalue weighted by atomic mass is 10.1. The first-order valence-electron chi connectivity index (χ1n) is 7.19. The molecule has 3 rings (SSSR count). The lowest BCUT2D eigenvalue weighted by Gasteiger charge is -2.21. The molecule has 1 fully saturated rings. The highest BCUT2D eigenvalue weighted by Crippen LogP contribution is 2.30. The molecule has 2 aliphatic rings. The van der Waals surface area contributed by atoms with Gasteiger partial charge in [-0.3, -0.25) is 4.99 Å². The molecule has 0 radical (unpaired) electrons. The summed E-state index contributed by atoms with van der Waals surface area (Å²) in [7, 11) is 1.96. The molecule has 0 bridgehead atoms. The number of benzene rings is 1. The van der Waals surface area contributed by atoms with Crippen LogP contribution in [-0.4, -0.2) is 37.3 Å². The summed E-state index contributed by atoms with van der Waals surface area (Å²) in [5.41, 5.74) is 7.51. The Labute approximate surface area is 123 Å². The van der Waals surface area contributed by atoms with Crippen molar-refractivity contribution in [3.8, 4) is 5.75 Å².